The molecule has 0 spiro atoms. The fraction of sp³-hybridized carbons (Fsp3) is 0.533. The van der Waals surface area contributed by atoms with E-state index in [1.165, 1.54) is 19.4 Å². The molecule has 0 amide bonds. The lowest BCUT2D eigenvalue weighted by molar-refractivity contribution is 0.405. The van der Waals surface area contributed by atoms with E-state index in [4.69, 9.17) is 11.6 Å². The van der Waals surface area contributed by atoms with Gasteiger partial charge in [-0.1, -0.05) is 11.6 Å². The number of rotatable bonds is 4. The molecule has 0 unspecified atom stereocenters. The second kappa shape index (κ2) is 7.45. The van der Waals surface area contributed by atoms with Gasteiger partial charge in [0.05, 0.1) is 15.7 Å². The summed E-state index contributed by atoms with van der Waals surface area (Å²) in [7, 11) is -5.73. The summed E-state index contributed by atoms with van der Waals surface area (Å²) in [6, 6.07) is 3.02. The van der Waals surface area contributed by atoms with E-state index in [0.717, 1.165) is 11.3 Å². The van der Waals surface area contributed by atoms with E-state index in [0.29, 0.717) is 22.1 Å². The summed E-state index contributed by atoms with van der Waals surface area (Å²) in [6.45, 7) is 4.07. The van der Waals surface area contributed by atoms with Crippen LogP contribution in [0.4, 0.5) is 0 Å². The standard InChI is InChI=1S/C15H21ClN4O4S3/c1-11-15(12(2)18(3)17-11)27(23,24)20-8-4-7-19(9-10-20)26(21,22)14-6-5-13(16)25-14/h5-6H,4,7-10H2,1-3H3. The fourth-order valence-electron chi connectivity index (χ4n) is 3.17. The van der Waals surface area contributed by atoms with Crippen LogP contribution in [0.3, 0.4) is 0 Å². The Morgan fingerprint density at radius 1 is 1.00 bits per heavy atom. The van der Waals surface area contributed by atoms with Crippen LogP contribution in [0.5, 0.6) is 0 Å². The van der Waals surface area contributed by atoms with Gasteiger partial charge >= 0.3 is 0 Å². The van der Waals surface area contributed by atoms with E-state index in [1.54, 1.807) is 27.0 Å². The molecule has 0 aliphatic carbocycles. The van der Waals surface area contributed by atoms with Crippen molar-refractivity contribution in [3.63, 3.8) is 0 Å². The van der Waals surface area contributed by atoms with Gasteiger partial charge in [0, 0.05) is 33.2 Å². The molecule has 1 fully saturated rings. The minimum Gasteiger partial charge on any atom is -0.271 e. The number of halogens is 1. The van der Waals surface area contributed by atoms with Gasteiger partial charge in [0.15, 0.2) is 0 Å². The number of thiophene rings is 1. The molecule has 0 bridgehead atoms. The predicted molar refractivity (Wildman–Crippen MR) is 104 cm³/mol. The molecule has 0 aromatic carbocycles. The van der Waals surface area contributed by atoms with Crippen LogP contribution >= 0.6 is 22.9 Å². The summed E-state index contributed by atoms with van der Waals surface area (Å²) >= 11 is 6.86. The smallest absolute Gasteiger partial charge is 0.252 e. The van der Waals surface area contributed by atoms with Crippen molar-refractivity contribution in [2.24, 2.45) is 7.05 Å². The van der Waals surface area contributed by atoms with Crippen LogP contribution in [-0.2, 0) is 27.1 Å². The Hall–Kier alpha value is -0.980. The summed E-state index contributed by atoms with van der Waals surface area (Å²) in [5, 5.41) is 4.18. The third kappa shape index (κ3) is 3.81. The zero-order valence-corrected chi connectivity index (χ0v) is 18.4. The fourth-order valence-corrected chi connectivity index (χ4v) is 8.15. The predicted octanol–water partition coefficient (Wildman–Crippen LogP) is 1.84. The molecule has 0 atom stereocenters. The molecule has 3 rings (SSSR count). The Kier molecular flexibility index (Phi) is 5.72. The quantitative estimate of drug-likeness (QED) is 0.705. The highest BCUT2D eigenvalue weighted by Crippen LogP contribution is 2.29. The van der Waals surface area contributed by atoms with Crippen LogP contribution in [0.1, 0.15) is 17.8 Å². The molecule has 1 saturated heterocycles. The zero-order chi connectivity index (χ0) is 20.0. The Bertz CT molecular complexity index is 1060. The van der Waals surface area contributed by atoms with Crippen LogP contribution in [0, 0.1) is 13.8 Å². The zero-order valence-electron chi connectivity index (χ0n) is 15.2. The van der Waals surface area contributed by atoms with Gasteiger partial charge in [0.2, 0.25) is 10.0 Å². The lowest BCUT2D eigenvalue weighted by Crippen LogP contribution is -2.37. The van der Waals surface area contributed by atoms with E-state index < -0.39 is 20.0 Å². The molecule has 12 heteroatoms. The lowest BCUT2D eigenvalue weighted by Gasteiger charge is -2.21. The summed E-state index contributed by atoms with van der Waals surface area (Å²) < 4.78 is 56.6. The summed E-state index contributed by atoms with van der Waals surface area (Å²) in [4.78, 5) is 0.200. The minimum absolute atomic E-state index is 0.0917. The number of hydrogen-bond donors (Lipinski definition) is 0. The van der Waals surface area contributed by atoms with Gasteiger partial charge in [-0.05, 0) is 32.4 Å². The van der Waals surface area contributed by atoms with Crippen LogP contribution in [0.2, 0.25) is 4.34 Å². The number of sulfonamides is 2. The number of nitrogens with zero attached hydrogens (tertiary/aromatic N) is 4. The maximum absolute atomic E-state index is 13.1. The molecule has 1 aliphatic heterocycles. The molecule has 0 saturated carbocycles. The van der Waals surface area contributed by atoms with E-state index in [9.17, 15) is 16.8 Å². The average molecular weight is 453 g/mol. The molecule has 27 heavy (non-hydrogen) atoms. The van der Waals surface area contributed by atoms with Crippen LogP contribution in [0.15, 0.2) is 21.2 Å². The molecular formula is C15H21ClN4O4S3. The first-order valence-corrected chi connectivity index (χ1v) is 12.4. The Balaban J connectivity index is 1.84. The first-order valence-electron chi connectivity index (χ1n) is 8.31. The monoisotopic (exact) mass is 452 g/mol. The largest absolute Gasteiger partial charge is 0.271 e. The third-order valence-electron chi connectivity index (χ3n) is 4.60. The van der Waals surface area contributed by atoms with Gasteiger partial charge in [-0.15, -0.1) is 11.3 Å². The van der Waals surface area contributed by atoms with Gasteiger partial charge < -0.3 is 0 Å². The van der Waals surface area contributed by atoms with Crippen molar-refractivity contribution in [2.45, 2.75) is 29.4 Å². The Morgan fingerprint density at radius 2 is 1.59 bits per heavy atom. The van der Waals surface area contributed by atoms with E-state index in [2.05, 4.69) is 5.10 Å². The van der Waals surface area contributed by atoms with Crippen molar-refractivity contribution in [1.82, 2.24) is 18.4 Å². The second-order valence-electron chi connectivity index (χ2n) is 6.34. The van der Waals surface area contributed by atoms with Crippen molar-refractivity contribution in [3.05, 3.63) is 27.9 Å². The van der Waals surface area contributed by atoms with Crippen molar-refractivity contribution in [2.75, 3.05) is 26.2 Å². The van der Waals surface area contributed by atoms with Gasteiger partial charge in [0.1, 0.15) is 9.10 Å². The molecule has 0 radical (unpaired) electrons. The Morgan fingerprint density at radius 3 is 2.07 bits per heavy atom. The highest BCUT2D eigenvalue weighted by molar-refractivity contribution is 7.91. The first-order chi connectivity index (χ1) is 12.5. The van der Waals surface area contributed by atoms with Gasteiger partial charge in [-0.3, -0.25) is 4.68 Å². The third-order valence-corrected chi connectivity index (χ3v) is 10.3. The topological polar surface area (TPSA) is 92.6 Å². The van der Waals surface area contributed by atoms with E-state index in [1.807, 2.05) is 0 Å². The van der Waals surface area contributed by atoms with Gasteiger partial charge in [-0.25, -0.2) is 16.8 Å². The average Bonchev–Trinajstić information content (AvgIpc) is 3.00. The molecule has 3 heterocycles. The maximum Gasteiger partial charge on any atom is 0.252 e. The van der Waals surface area contributed by atoms with Gasteiger partial charge in [0.25, 0.3) is 10.0 Å². The summed E-state index contributed by atoms with van der Waals surface area (Å²) in [6.07, 6.45) is 0.413. The number of aryl methyl sites for hydroxylation is 2. The van der Waals surface area contributed by atoms with E-state index in [-0.39, 0.29) is 35.3 Å². The van der Waals surface area contributed by atoms with Crippen molar-refractivity contribution in [3.8, 4) is 0 Å². The van der Waals surface area contributed by atoms with Gasteiger partial charge in [-0.2, -0.15) is 13.7 Å². The molecule has 1 aliphatic rings. The Labute approximate surface area is 168 Å². The van der Waals surface area contributed by atoms with E-state index >= 15 is 0 Å². The minimum atomic E-state index is -3.75. The van der Waals surface area contributed by atoms with Crippen molar-refractivity contribution >= 4 is 43.0 Å². The molecule has 2 aromatic heterocycles. The SMILES string of the molecule is Cc1nn(C)c(C)c1S(=O)(=O)N1CCCN(S(=O)(=O)c2ccc(Cl)s2)CC1. The molecule has 0 N–H and O–H groups in total. The van der Waals surface area contributed by atoms with Crippen molar-refractivity contribution < 1.29 is 16.8 Å². The lowest BCUT2D eigenvalue weighted by atomic mass is 10.4. The summed E-state index contributed by atoms with van der Waals surface area (Å²) in [5.41, 5.74) is 1.01. The molecule has 2 aromatic rings. The second-order valence-corrected chi connectivity index (χ2v) is 12.1. The van der Waals surface area contributed by atoms with Crippen LogP contribution in [-0.4, -0.2) is 61.4 Å². The van der Waals surface area contributed by atoms with Crippen LogP contribution in [0.25, 0.3) is 0 Å². The van der Waals surface area contributed by atoms with Crippen LogP contribution < -0.4 is 0 Å². The number of aromatic nitrogens is 2. The van der Waals surface area contributed by atoms with Crippen molar-refractivity contribution in [1.29, 1.82) is 0 Å². The summed E-state index contributed by atoms with van der Waals surface area (Å²) in [5.74, 6) is 0. The molecule has 150 valence electrons. The first kappa shape index (κ1) is 20.7. The normalized spacial score (nSPS) is 17.9. The molecule has 8 nitrogen and oxygen atoms in total. The molecular weight excluding hydrogens is 432 g/mol. The number of hydrogen-bond acceptors (Lipinski definition) is 6. The highest BCUT2D eigenvalue weighted by Gasteiger charge is 2.34. The maximum atomic E-state index is 13.1. The highest BCUT2D eigenvalue weighted by atomic mass is 35.5.